The van der Waals surface area contributed by atoms with Crippen molar-refractivity contribution in [2.24, 2.45) is 18.4 Å². The fraction of sp³-hybridized carbons (Fsp3) is 0.395. The zero-order valence-electron chi connectivity index (χ0n) is 28.9. The monoisotopic (exact) mass is 720 g/mol. The van der Waals surface area contributed by atoms with Crippen LogP contribution in [-0.4, -0.2) is 50.7 Å². The van der Waals surface area contributed by atoms with Gasteiger partial charge in [-0.3, -0.25) is 4.79 Å². The highest BCUT2D eigenvalue weighted by Gasteiger charge is 2.36. The first kappa shape index (κ1) is 35.8. The van der Waals surface area contributed by atoms with Gasteiger partial charge in [0.25, 0.3) is 0 Å². The molecule has 1 aliphatic rings. The number of nitrogens with zero attached hydrogens (tertiary/aromatic N) is 3. The van der Waals surface area contributed by atoms with Crippen LogP contribution in [0.2, 0.25) is 0 Å². The van der Waals surface area contributed by atoms with Crippen molar-refractivity contribution in [2.45, 2.75) is 75.0 Å². The Hall–Kier alpha value is -4.03. The number of aryl methyl sites for hydroxylation is 2. The van der Waals surface area contributed by atoms with Crippen molar-refractivity contribution in [3.8, 4) is 11.4 Å². The number of hydrogen-bond donors (Lipinski definition) is 2. The molecule has 6 rings (SSSR count). The highest BCUT2D eigenvalue weighted by Crippen LogP contribution is 2.42. The number of hydrogen-bond acceptors (Lipinski definition) is 6. The molecule has 4 bridgehead atoms. The third-order valence-corrected chi connectivity index (χ3v) is 13.0. The maximum absolute atomic E-state index is 15.8. The van der Waals surface area contributed by atoms with Gasteiger partial charge in [-0.25, -0.2) is 26.9 Å². The lowest BCUT2D eigenvalue weighted by atomic mass is 9.75. The van der Waals surface area contributed by atoms with E-state index in [4.69, 9.17) is 10.1 Å². The molecule has 50 heavy (non-hydrogen) atoms. The summed E-state index contributed by atoms with van der Waals surface area (Å²) < 4.78 is 60.3. The van der Waals surface area contributed by atoms with E-state index in [0.717, 1.165) is 28.3 Å². The van der Waals surface area contributed by atoms with Crippen LogP contribution in [0.3, 0.4) is 0 Å². The van der Waals surface area contributed by atoms with Crippen LogP contribution in [0.5, 0.6) is 0 Å². The Labute approximate surface area is 295 Å². The van der Waals surface area contributed by atoms with Crippen molar-refractivity contribution >= 4 is 38.5 Å². The maximum Gasteiger partial charge on any atom is 0.306 e. The van der Waals surface area contributed by atoms with E-state index in [9.17, 15) is 18.3 Å². The molecule has 3 heterocycles. The van der Waals surface area contributed by atoms with Gasteiger partial charge in [0.05, 0.1) is 33.3 Å². The standard InChI is InChI=1S/C38H42F2N4O4S2/c1-23(35(45)46)18-24-8-6-9-25(19-24)38(4)15-7-14-37(2,3)22-50(47,48)17-13-28-27-12-16-41-32(27)21-31(40)33(28)49-26-10-11-30(39)29(20-26)34-42-36(38)43-44(34)5/h6,8-12,16,19-21,23,41H,7,13-15,17-18,22H2,1-5H3,(H,45,46). The molecular weight excluding hydrogens is 679 g/mol. The van der Waals surface area contributed by atoms with Crippen LogP contribution in [0.1, 0.15) is 69.5 Å². The summed E-state index contributed by atoms with van der Waals surface area (Å²) in [6, 6.07) is 15.5. The summed E-state index contributed by atoms with van der Waals surface area (Å²) in [5, 5.41) is 15.1. The summed E-state index contributed by atoms with van der Waals surface area (Å²) in [7, 11) is -1.84. The third-order valence-electron chi connectivity index (χ3n) is 9.85. The minimum atomic E-state index is -3.55. The summed E-state index contributed by atoms with van der Waals surface area (Å²) in [5.41, 5.74) is 1.80. The molecule has 0 spiro atoms. The zero-order valence-corrected chi connectivity index (χ0v) is 30.5. The van der Waals surface area contributed by atoms with Crippen molar-refractivity contribution in [3.63, 3.8) is 0 Å². The number of sulfone groups is 1. The van der Waals surface area contributed by atoms with Crippen LogP contribution in [0, 0.1) is 23.0 Å². The Kier molecular flexibility index (Phi) is 9.73. The molecule has 0 saturated heterocycles. The summed E-state index contributed by atoms with van der Waals surface area (Å²) in [4.78, 5) is 20.5. The predicted octanol–water partition coefficient (Wildman–Crippen LogP) is 8.13. The first-order chi connectivity index (χ1) is 23.5. The summed E-state index contributed by atoms with van der Waals surface area (Å²) >= 11 is 1.13. The second-order valence-electron chi connectivity index (χ2n) is 14.6. The quantitative estimate of drug-likeness (QED) is 0.193. The van der Waals surface area contributed by atoms with Gasteiger partial charge in [0.2, 0.25) is 0 Å². The molecule has 8 nitrogen and oxygen atoms in total. The zero-order chi connectivity index (χ0) is 36.0. The smallest absolute Gasteiger partial charge is 0.306 e. The number of aliphatic carboxylic acids is 1. The van der Waals surface area contributed by atoms with E-state index >= 15 is 8.78 Å². The number of halogens is 2. The number of benzene rings is 3. The van der Waals surface area contributed by atoms with Crippen molar-refractivity contribution in [3.05, 3.63) is 94.9 Å². The lowest BCUT2D eigenvalue weighted by molar-refractivity contribution is -0.141. The number of aromatic amines is 1. The number of fused-ring (bicyclic) bond motifs is 8. The fourth-order valence-corrected chi connectivity index (χ4v) is 10.1. The van der Waals surface area contributed by atoms with Gasteiger partial charge in [-0.2, -0.15) is 5.10 Å². The summed E-state index contributed by atoms with van der Waals surface area (Å²) in [5.74, 6) is -1.84. The largest absolute Gasteiger partial charge is 0.481 e. The van der Waals surface area contributed by atoms with Gasteiger partial charge in [0.1, 0.15) is 11.6 Å². The van der Waals surface area contributed by atoms with E-state index in [1.54, 1.807) is 37.0 Å². The number of aromatic nitrogens is 4. The molecule has 264 valence electrons. The molecule has 2 atom stereocenters. The topological polar surface area (TPSA) is 118 Å². The van der Waals surface area contributed by atoms with Crippen LogP contribution >= 0.6 is 11.8 Å². The Morgan fingerprint density at radius 1 is 1.08 bits per heavy atom. The van der Waals surface area contributed by atoms with Gasteiger partial charge in [0.15, 0.2) is 21.5 Å². The van der Waals surface area contributed by atoms with Crippen LogP contribution in [0.15, 0.2) is 70.6 Å². The summed E-state index contributed by atoms with van der Waals surface area (Å²) in [6.07, 6.45) is 3.98. The molecule has 0 saturated carbocycles. The third kappa shape index (κ3) is 7.37. The number of rotatable bonds is 4. The molecule has 2 unspecified atom stereocenters. The van der Waals surface area contributed by atoms with E-state index in [1.165, 1.54) is 12.1 Å². The lowest BCUT2D eigenvalue weighted by Crippen LogP contribution is -2.29. The molecule has 0 fully saturated rings. The SMILES string of the molecule is CC(Cc1cccc(C2(C)CCCC(C)(C)CS(=O)(=O)CCc3c(c(F)cc4[nH]ccc34)Sc3ccc(F)c(c3)-c3nc2nn3C)c1)C(=O)O. The Morgan fingerprint density at radius 2 is 1.86 bits per heavy atom. The van der Waals surface area contributed by atoms with E-state index in [1.807, 2.05) is 51.1 Å². The van der Waals surface area contributed by atoms with Crippen LogP contribution in [0.4, 0.5) is 8.78 Å². The summed E-state index contributed by atoms with van der Waals surface area (Å²) in [6.45, 7) is 7.60. The van der Waals surface area contributed by atoms with Crippen molar-refractivity contribution in [1.82, 2.24) is 19.7 Å². The number of H-pyrrole nitrogens is 1. The Balaban J connectivity index is 1.50. The minimum absolute atomic E-state index is 0.0271. The van der Waals surface area contributed by atoms with Crippen LogP contribution in [0.25, 0.3) is 22.3 Å². The number of carboxylic acids is 1. The lowest BCUT2D eigenvalue weighted by Gasteiger charge is -2.31. The van der Waals surface area contributed by atoms with E-state index in [-0.39, 0.29) is 23.5 Å². The van der Waals surface area contributed by atoms with Gasteiger partial charge in [-0.1, -0.05) is 63.2 Å². The number of carboxylic acid groups (broad SMARTS) is 1. The predicted molar refractivity (Wildman–Crippen MR) is 192 cm³/mol. The first-order valence-corrected chi connectivity index (χ1v) is 19.4. The number of carbonyl (C=O) groups is 1. The fourth-order valence-electron chi connectivity index (χ4n) is 7.08. The molecule has 12 heteroatoms. The average molecular weight is 721 g/mol. The molecule has 0 aliphatic carbocycles. The molecule has 2 N–H and O–H groups in total. The molecule has 3 aromatic carbocycles. The average Bonchev–Trinajstić information content (AvgIpc) is 3.67. The van der Waals surface area contributed by atoms with E-state index in [2.05, 4.69) is 4.98 Å². The Morgan fingerprint density at radius 3 is 2.62 bits per heavy atom. The van der Waals surface area contributed by atoms with Crippen molar-refractivity contribution in [2.75, 3.05) is 11.5 Å². The normalized spacial score (nSPS) is 20.1. The molecule has 1 aliphatic heterocycles. The maximum atomic E-state index is 15.8. The molecular formula is C38H42F2N4O4S2. The van der Waals surface area contributed by atoms with E-state index < -0.39 is 44.2 Å². The van der Waals surface area contributed by atoms with Gasteiger partial charge < -0.3 is 10.1 Å². The van der Waals surface area contributed by atoms with Crippen molar-refractivity contribution < 1.29 is 27.1 Å². The van der Waals surface area contributed by atoms with Gasteiger partial charge in [0, 0.05) is 29.0 Å². The molecule has 0 radical (unpaired) electrons. The molecule has 0 amide bonds. The van der Waals surface area contributed by atoms with Crippen LogP contribution in [-0.2, 0) is 39.9 Å². The van der Waals surface area contributed by atoms with Gasteiger partial charge >= 0.3 is 5.97 Å². The number of nitrogens with one attached hydrogen (secondary N) is 1. The van der Waals surface area contributed by atoms with Crippen molar-refractivity contribution in [1.29, 1.82) is 0 Å². The first-order valence-electron chi connectivity index (χ1n) is 16.8. The molecule has 2 aromatic heterocycles. The van der Waals surface area contributed by atoms with Crippen LogP contribution < -0.4 is 0 Å². The molecule has 5 aromatic rings. The van der Waals surface area contributed by atoms with Gasteiger partial charge in [-0.15, -0.1) is 0 Å². The highest BCUT2D eigenvalue weighted by atomic mass is 32.2. The Bertz CT molecular complexity index is 2190. The van der Waals surface area contributed by atoms with E-state index in [0.29, 0.717) is 58.2 Å². The van der Waals surface area contributed by atoms with Gasteiger partial charge in [-0.05, 0) is 85.0 Å². The minimum Gasteiger partial charge on any atom is -0.481 e. The highest BCUT2D eigenvalue weighted by molar-refractivity contribution is 7.99. The second-order valence-corrected chi connectivity index (χ2v) is 17.8. The second kappa shape index (κ2) is 13.6.